The third kappa shape index (κ3) is 4.13. The zero-order valence-corrected chi connectivity index (χ0v) is 11.2. The van der Waals surface area contributed by atoms with E-state index < -0.39 is 6.04 Å². The van der Waals surface area contributed by atoms with E-state index in [0.717, 1.165) is 12.8 Å². The van der Waals surface area contributed by atoms with Crippen LogP contribution in [0.25, 0.3) is 0 Å². The first-order chi connectivity index (χ1) is 10.6. The molecule has 4 nitrogen and oxygen atoms in total. The standard InChI is InChI=1S/C16H19N3O/c1-3-12-8-7-10-15(13(12)4-2)19-16(20)14(18)9-5-6-11-17/h1-2,7-8,10,14H,5-6,9,11,17-18H2,(H,19,20)/i1T,2T. The Morgan fingerprint density at radius 2 is 2.20 bits per heavy atom. The molecular formula is C16H19N3O. The second-order valence-electron chi connectivity index (χ2n) is 4.36. The summed E-state index contributed by atoms with van der Waals surface area (Å²) in [6.07, 6.45) is 6.25. The molecule has 1 atom stereocenters. The highest BCUT2D eigenvalue weighted by atomic mass is 16.2. The maximum atomic E-state index is 12.1. The zero-order chi connectivity index (χ0) is 16.4. The summed E-state index contributed by atoms with van der Waals surface area (Å²) in [7, 11) is 0. The molecule has 1 amide bonds. The SMILES string of the molecule is [3H]C#Cc1cccc(NC(=O)C(N)CCCCN)c1C#C[3H]. The van der Waals surface area contributed by atoms with Crippen molar-refractivity contribution in [2.45, 2.75) is 25.3 Å². The average Bonchev–Trinajstić information content (AvgIpc) is 2.50. The number of hydrogen-bond donors (Lipinski definition) is 3. The molecule has 0 aliphatic rings. The van der Waals surface area contributed by atoms with Gasteiger partial charge in [-0.1, -0.05) is 24.3 Å². The van der Waals surface area contributed by atoms with E-state index in [1.54, 1.807) is 18.2 Å². The van der Waals surface area contributed by atoms with E-state index in [-0.39, 0.29) is 5.91 Å². The van der Waals surface area contributed by atoms with Gasteiger partial charge in [0.1, 0.15) is 2.74 Å². The van der Waals surface area contributed by atoms with Gasteiger partial charge in [-0.2, -0.15) is 0 Å². The normalized spacial score (nSPS) is 11.9. The number of nitrogens with one attached hydrogen (secondary N) is 1. The topological polar surface area (TPSA) is 81.1 Å². The van der Waals surface area contributed by atoms with Gasteiger partial charge in [0.05, 0.1) is 17.3 Å². The van der Waals surface area contributed by atoms with E-state index in [4.69, 9.17) is 14.2 Å². The lowest BCUT2D eigenvalue weighted by Gasteiger charge is -2.13. The molecule has 1 unspecified atom stereocenters. The van der Waals surface area contributed by atoms with Gasteiger partial charge in [-0.05, 0) is 31.5 Å². The molecule has 20 heavy (non-hydrogen) atoms. The summed E-state index contributed by atoms with van der Waals surface area (Å²) >= 11 is 0. The number of carbonyl (C=O) groups excluding carboxylic acids is 1. The third-order valence-corrected chi connectivity index (χ3v) is 2.89. The Morgan fingerprint density at radius 3 is 2.90 bits per heavy atom. The van der Waals surface area contributed by atoms with E-state index >= 15 is 0 Å². The summed E-state index contributed by atoms with van der Waals surface area (Å²) in [5.41, 5.74) is 12.6. The Labute approximate surface area is 122 Å². The highest BCUT2D eigenvalue weighted by molar-refractivity contribution is 5.96. The van der Waals surface area contributed by atoms with Gasteiger partial charge < -0.3 is 16.8 Å². The lowest BCUT2D eigenvalue weighted by molar-refractivity contribution is -0.117. The van der Waals surface area contributed by atoms with Crippen molar-refractivity contribution >= 4 is 11.6 Å². The number of amides is 1. The summed E-state index contributed by atoms with van der Waals surface area (Å²) in [5, 5.41) is 2.71. The summed E-state index contributed by atoms with van der Waals surface area (Å²) in [4.78, 5) is 12.1. The molecule has 1 aromatic rings. The van der Waals surface area contributed by atoms with Crippen LogP contribution in [0, 0.1) is 24.6 Å². The predicted octanol–water partition coefficient (Wildman–Crippen LogP) is 1.04. The number of terminal acetylenes is 2. The van der Waals surface area contributed by atoms with Crippen LogP contribution in [0.3, 0.4) is 0 Å². The minimum Gasteiger partial charge on any atom is -0.330 e. The Morgan fingerprint density at radius 1 is 1.40 bits per heavy atom. The molecule has 0 saturated heterocycles. The summed E-state index contributed by atoms with van der Waals surface area (Å²) in [5.74, 6) is 4.85. The number of unbranched alkanes of at least 4 members (excludes halogenated alkanes) is 1. The van der Waals surface area contributed by atoms with E-state index in [1.165, 1.54) is 0 Å². The van der Waals surface area contributed by atoms with Gasteiger partial charge in [0.15, 0.2) is 0 Å². The van der Waals surface area contributed by atoms with Gasteiger partial charge in [0.2, 0.25) is 5.91 Å². The first-order valence-electron chi connectivity index (χ1n) is 7.39. The molecule has 0 aliphatic heterocycles. The molecule has 1 aromatic carbocycles. The minimum atomic E-state index is -0.630. The van der Waals surface area contributed by atoms with Crippen LogP contribution in [0.2, 0.25) is 0 Å². The van der Waals surface area contributed by atoms with Crippen LogP contribution >= 0.6 is 0 Å². The second kappa shape index (κ2) is 8.01. The van der Waals surface area contributed by atoms with Crippen LogP contribution in [0.1, 0.15) is 33.1 Å². The fraction of sp³-hybridized carbons (Fsp3) is 0.312. The molecule has 0 spiro atoms. The number of anilines is 1. The number of hydrogen-bond acceptors (Lipinski definition) is 3. The van der Waals surface area contributed by atoms with Crippen molar-refractivity contribution in [1.29, 1.82) is 0 Å². The smallest absolute Gasteiger partial charge is 0.241 e. The van der Waals surface area contributed by atoms with Gasteiger partial charge >= 0.3 is 0 Å². The highest BCUT2D eigenvalue weighted by Gasteiger charge is 2.15. The van der Waals surface area contributed by atoms with Crippen molar-refractivity contribution in [2.75, 3.05) is 11.9 Å². The van der Waals surface area contributed by atoms with Crippen molar-refractivity contribution in [3.63, 3.8) is 0 Å². The van der Waals surface area contributed by atoms with Crippen LogP contribution in [-0.4, -0.2) is 18.5 Å². The van der Waals surface area contributed by atoms with Crippen molar-refractivity contribution in [2.24, 2.45) is 11.5 Å². The lowest BCUT2D eigenvalue weighted by Crippen LogP contribution is -2.35. The van der Waals surface area contributed by atoms with Crippen LogP contribution in [-0.2, 0) is 4.79 Å². The first kappa shape index (κ1) is 12.7. The average molecular weight is 273 g/mol. The summed E-state index contributed by atoms with van der Waals surface area (Å²) in [6, 6.07) is 4.41. The molecule has 0 saturated carbocycles. The highest BCUT2D eigenvalue weighted by Crippen LogP contribution is 2.18. The lowest BCUT2D eigenvalue weighted by atomic mass is 10.1. The quantitative estimate of drug-likeness (QED) is 0.535. The number of carbonyl (C=O) groups is 1. The maximum absolute atomic E-state index is 12.1. The van der Waals surface area contributed by atoms with E-state index in [9.17, 15) is 4.79 Å². The van der Waals surface area contributed by atoms with Crippen molar-refractivity contribution in [3.05, 3.63) is 29.3 Å². The summed E-state index contributed by atoms with van der Waals surface area (Å²) < 4.78 is 14.0. The molecule has 0 aliphatic carbocycles. The minimum absolute atomic E-state index is 0.318. The fourth-order valence-electron chi connectivity index (χ4n) is 1.76. The van der Waals surface area contributed by atoms with Crippen LogP contribution in [0.5, 0.6) is 0 Å². The van der Waals surface area contributed by atoms with Crippen molar-refractivity contribution in [3.8, 4) is 24.6 Å². The molecule has 0 fully saturated rings. The van der Waals surface area contributed by atoms with Crippen LogP contribution in [0.15, 0.2) is 18.2 Å². The predicted molar refractivity (Wildman–Crippen MR) is 81.8 cm³/mol. The second-order valence-corrected chi connectivity index (χ2v) is 4.36. The number of rotatable bonds is 6. The molecule has 104 valence electrons. The molecular weight excluding hydrogens is 250 g/mol. The summed E-state index contributed by atoms with van der Waals surface area (Å²) in [6.45, 7) is 0.575. The zero-order valence-electron chi connectivity index (χ0n) is 13.2. The van der Waals surface area contributed by atoms with Gasteiger partial charge in [-0.3, -0.25) is 4.79 Å². The van der Waals surface area contributed by atoms with Crippen LogP contribution < -0.4 is 16.8 Å². The Hall–Kier alpha value is -2.27. The van der Waals surface area contributed by atoms with E-state index in [0.29, 0.717) is 29.8 Å². The van der Waals surface area contributed by atoms with Gasteiger partial charge in [0, 0.05) is 5.56 Å². The monoisotopic (exact) mass is 273 g/mol. The van der Waals surface area contributed by atoms with Crippen molar-refractivity contribution in [1.82, 2.24) is 0 Å². The Bertz CT molecular complexity index is 638. The molecule has 0 bridgehead atoms. The van der Waals surface area contributed by atoms with Crippen molar-refractivity contribution < 1.29 is 7.54 Å². The largest absolute Gasteiger partial charge is 0.330 e. The molecule has 0 heterocycles. The van der Waals surface area contributed by atoms with Gasteiger partial charge in [-0.15, -0.1) is 12.8 Å². The molecule has 0 aromatic heterocycles. The van der Waals surface area contributed by atoms with Gasteiger partial charge in [-0.25, -0.2) is 0 Å². The molecule has 5 N–H and O–H groups in total. The number of nitrogens with two attached hydrogens (primary N) is 2. The van der Waals surface area contributed by atoms with E-state index in [1.807, 2.05) is 12.8 Å². The Balaban J connectivity index is 2.91. The Kier molecular flexibility index (Phi) is 5.11. The molecule has 4 heteroatoms. The first-order valence-corrected chi connectivity index (χ1v) is 6.39. The molecule has 0 radical (unpaired) electrons. The van der Waals surface area contributed by atoms with E-state index in [2.05, 4.69) is 17.2 Å². The molecule has 1 rings (SSSR count). The third-order valence-electron chi connectivity index (χ3n) is 2.89. The van der Waals surface area contributed by atoms with Gasteiger partial charge in [0.25, 0.3) is 0 Å². The fourth-order valence-corrected chi connectivity index (χ4v) is 1.76. The maximum Gasteiger partial charge on any atom is 0.241 e. The van der Waals surface area contributed by atoms with Crippen LogP contribution in [0.4, 0.5) is 5.69 Å². The number of benzene rings is 1.